The summed E-state index contributed by atoms with van der Waals surface area (Å²) in [7, 11) is 0. The van der Waals surface area contributed by atoms with Crippen molar-refractivity contribution in [2.24, 2.45) is 5.73 Å². The number of halogens is 3. The number of hydrogen-bond acceptors (Lipinski definition) is 4. The molecule has 3 aromatic carbocycles. The summed E-state index contributed by atoms with van der Waals surface area (Å²) in [5.41, 5.74) is 8.89. The molecule has 9 heteroatoms. The van der Waals surface area contributed by atoms with Crippen LogP contribution >= 0.6 is 35.8 Å². The fourth-order valence-corrected chi connectivity index (χ4v) is 4.72. The van der Waals surface area contributed by atoms with Crippen molar-refractivity contribution in [1.29, 1.82) is 0 Å². The molecule has 178 valence electrons. The van der Waals surface area contributed by atoms with E-state index >= 15 is 0 Å². The smallest absolute Gasteiger partial charge is 0.251 e. The van der Waals surface area contributed by atoms with Crippen LogP contribution in [-0.2, 0) is 11.3 Å². The highest BCUT2D eigenvalue weighted by Crippen LogP contribution is 2.36. The molecule has 1 heterocycles. The van der Waals surface area contributed by atoms with Gasteiger partial charge in [-0.25, -0.2) is 4.39 Å². The van der Waals surface area contributed by atoms with Gasteiger partial charge >= 0.3 is 0 Å². The van der Waals surface area contributed by atoms with E-state index in [1.165, 1.54) is 23.9 Å². The fraction of sp³-hybridized carbons (Fsp3) is 0.200. The highest BCUT2D eigenvalue weighted by Gasteiger charge is 2.29. The quantitative estimate of drug-likeness (QED) is 0.475. The molecule has 0 aliphatic carbocycles. The van der Waals surface area contributed by atoms with E-state index in [4.69, 9.17) is 17.3 Å². The molecule has 0 bridgehead atoms. The van der Waals surface area contributed by atoms with Gasteiger partial charge in [0.1, 0.15) is 5.82 Å². The molecule has 0 fully saturated rings. The van der Waals surface area contributed by atoms with Gasteiger partial charge in [-0.05, 0) is 60.5 Å². The molecule has 0 saturated heterocycles. The minimum absolute atomic E-state index is 0. The Kier molecular flexibility index (Phi) is 8.60. The fourth-order valence-electron chi connectivity index (χ4n) is 3.61. The molecule has 1 aliphatic rings. The van der Waals surface area contributed by atoms with Crippen LogP contribution in [0.5, 0.6) is 0 Å². The van der Waals surface area contributed by atoms with Crippen LogP contribution in [0.3, 0.4) is 0 Å². The lowest BCUT2D eigenvalue weighted by Gasteiger charge is -2.25. The first-order valence-electron chi connectivity index (χ1n) is 10.5. The van der Waals surface area contributed by atoms with Gasteiger partial charge in [-0.15, -0.1) is 24.2 Å². The summed E-state index contributed by atoms with van der Waals surface area (Å²) in [5.74, 6) is -0.361. The summed E-state index contributed by atoms with van der Waals surface area (Å²) in [4.78, 5) is 28.6. The summed E-state index contributed by atoms with van der Waals surface area (Å²) >= 11 is 7.49. The Balaban J connectivity index is 0.00000324. The number of nitrogens with two attached hydrogens (primary N) is 1. The highest BCUT2D eigenvalue weighted by molar-refractivity contribution is 7.99. The molecule has 2 amide bonds. The molecule has 34 heavy (non-hydrogen) atoms. The largest absolute Gasteiger partial charge is 0.346 e. The van der Waals surface area contributed by atoms with Crippen molar-refractivity contribution in [1.82, 2.24) is 5.32 Å². The number of anilines is 1. The number of carbonyl (C=O) groups is 2. The Labute approximate surface area is 213 Å². The maximum absolute atomic E-state index is 13.2. The third-order valence-corrected chi connectivity index (χ3v) is 6.92. The Morgan fingerprint density at radius 1 is 1.18 bits per heavy atom. The van der Waals surface area contributed by atoms with Gasteiger partial charge in [0.05, 0.1) is 24.3 Å². The number of carbonyl (C=O) groups excluding carboxylic acids is 2. The predicted molar refractivity (Wildman–Crippen MR) is 137 cm³/mol. The van der Waals surface area contributed by atoms with Crippen molar-refractivity contribution >= 4 is 53.3 Å². The molecule has 3 N–H and O–H groups in total. The van der Waals surface area contributed by atoms with Gasteiger partial charge in [-0.2, -0.15) is 0 Å². The molecule has 0 aromatic heterocycles. The Bertz CT molecular complexity index is 1180. The molecule has 5 nitrogen and oxygen atoms in total. The SMILES string of the molecule is C[C@H](NC(=O)c1ccc2c(c1)N(Cc1ccc(Cl)cc1)C(=O)[C@@H](N)CS2)c1ccc(F)cc1.Cl. The van der Waals surface area contributed by atoms with E-state index < -0.39 is 6.04 Å². The van der Waals surface area contributed by atoms with E-state index in [1.54, 1.807) is 41.3 Å². The Hall–Kier alpha value is -2.58. The molecule has 3 aromatic rings. The van der Waals surface area contributed by atoms with Gasteiger partial charge < -0.3 is 16.0 Å². The maximum Gasteiger partial charge on any atom is 0.251 e. The standard InChI is InChI=1S/C25H23ClFN3O2S.ClH/c1-15(17-4-9-20(27)10-5-17)29-24(31)18-6-11-23-22(12-18)30(25(32)21(28)14-33-23)13-16-2-7-19(26)8-3-16;/h2-12,15,21H,13-14,28H2,1H3,(H,29,31);1H/t15-,21-;/m0./s1. The summed E-state index contributed by atoms with van der Waals surface area (Å²) in [6.07, 6.45) is 0. The summed E-state index contributed by atoms with van der Waals surface area (Å²) in [6, 6.07) is 17.6. The van der Waals surface area contributed by atoms with Gasteiger partial charge in [0, 0.05) is 21.2 Å². The van der Waals surface area contributed by atoms with Crippen LogP contribution in [0.2, 0.25) is 5.02 Å². The summed E-state index contributed by atoms with van der Waals surface area (Å²) < 4.78 is 13.2. The number of nitrogens with zero attached hydrogens (tertiary/aromatic N) is 1. The van der Waals surface area contributed by atoms with E-state index in [0.717, 1.165) is 16.0 Å². The van der Waals surface area contributed by atoms with E-state index in [-0.39, 0.29) is 36.1 Å². The molecular formula is C25H24Cl2FN3O2S. The molecule has 0 radical (unpaired) electrons. The second-order valence-electron chi connectivity index (χ2n) is 7.90. The monoisotopic (exact) mass is 519 g/mol. The van der Waals surface area contributed by atoms with Crippen LogP contribution in [-0.4, -0.2) is 23.6 Å². The first-order valence-corrected chi connectivity index (χ1v) is 11.8. The lowest BCUT2D eigenvalue weighted by molar-refractivity contribution is -0.119. The zero-order valence-electron chi connectivity index (χ0n) is 18.3. The Morgan fingerprint density at radius 3 is 2.53 bits per heavy atom. The van der Waals surface area contributed by atoms with Gasteiger partial charge in [0.2, 0.25) is 5.91 Å². The van der Waals surface area contributed by atoms with Crippen LogP contribution < -0.4 is 16.0 Å². The molecule has 0 saturated carbocycles. The van der Waals surface area contributed by atoms with E-state index in [9.17, 15) is 14.0 Å². The molecular weight excluding hydrogens is 496 g/mol. The molecule has 0 unspecified atom stereocenters. The number of fused-ring (bicyclic) bond motifs is 1. The second-order valence-corrected chi connectivity index (χ2v) is 9.40. The van der Waals surface area contributed by atoms with Gasteiger partial charge in [0.15, 0.2) is 0 Å². The van der Waals surface area contributed by atoms with Crippen molar-refractivity contribution < 1.29 is 14.0 Å². The molecule has 4 rings (SSSR count). The zero-order chi connectivity index (χ0) is 23.5. The first-order chi connectivity index (χ1) is 15.8. The highest BCUT2D eigenvalue weighted by atomic mass is 35.5. The van der Waals surface area contributed by atoms with Crippen LogP contribution in [0.1, 0.15) is 34.5 Å². The van der Waals surface area contributed by atoms with Crippen molar-refractivity contribution in [2.45, 2.75) is 30.4 Å². The van der Waals surface area contributed by atoms with E-state index in [1.807, 2.05) is 25.1 Å². The molecule has 1 aliphatic heterocycles. The zero-order valence-corrected chi connectivity index (χ0v) is 20.7. The number of amides is 2. The lowest BCUT2D eigenvalue weighted by atomic mass is 10.1. The van der Waals surface area contributed by atoms with Crippen LogP contribution in [0.15, 0.2) is 71.6 Å². The number of thioether (sulfide) groups is 1. The summed E-state index contributed by atoms with van der Waals surface area (Å²) in [6.45, 7) is 2.15. The number of rotatable bonds is 5. The number of benzene rings is 3. The Morgan fingerprint density at radius 2 is 1.85 bits per heavy atom. The minimum atomic E-state index is -0.648. The average molecular weight is 520 g/mol. The minimum Gasteiger partial charge on any atom is -0.346 e. The molecule has 2 atom stereocenters. The van der Waals surface area contributed by atoms with Crippen LogP contribution in [0.4, 0.5) is 10.1 Å². The lowest BCUT2D eigenvalue weighted by Crippen LogP contribution is -2.44. The van der Waals surface area contributed by atoms with Crippen molar-refractivity contribution in [3.63, 3.8) is 0 Å². The topological polar surface area (TPSA) is 75.4 Å². The second kappa shape index (κ2) is 11.2. The molecule has 0 spiro atoms. The van der Waals surface area contributed by atoms with E-state index in [0.29, 0.717) is 28.6 Å². The van der Waals surface area contributed by atoms with Gasteiger partial charge in [-0.3, -0.25) is 9.59 Å². The van der Waals surface area contributed by atoms with Crippen LogP contribution in [0, 0.1) is 5.82 Å². The van der Waals surface area contributed by atoms with E-state index in [2.05, 4.69) is 5.32 Å². The van der Waals surface area contributed by atoms with Crippen LogP contribution in [0.25, 0.3) is 0 Å². The summed E-state index contributed by atoms with van der Waals surface area (Å²) in [5, 5.41) is 3.55. The van der Waals surface area contributed by atoms with Crippen molar-refractivity contribution in [3.05, 3.63) is 94.3 Å². The normalized spacial score (nSPS) is 16.2. The number of nitrogens with one attached hydrogen (secondary N) is 1. The maximum atomic E-state index is 13.2. The average Bonchev–Trinajstić information content (AvgIpc) is 2.92. The number of hydrogen-bond donors (Lipinski definition) is 2. The van der Waals surface area contributed by atoms with Gasteiger partial charge in [-0.1, -0.05) is 35.9 Å². The third-order valence-electron chi connectivity index (χ3n) is 5.49. The van der Waals surface area contributed by atoms with Gasteiger partial charge in [0.25, 0.3) is 5.91 Å². The predicted octanol–water partition coefficient (Wildman–Crippen LogP) is 5.36. The van der Waals surface area contributed by atoms with Crippen molar-refractivity contribution in [2.75, 3.05) is 10.7 Å². The van der Waals surface area contributed by atoms with Crippen molar-refractivity contribution in [3.8, 4) is 0 Å². The first kappa shape index (κ1) is 26.0. The third kappa shape index (κ3) is 5.91.